The lowest BCUT2D eigenvalue weighted by atomic mass is 10.2. The minimum atomic E-state index is 0.00824. The normalized spacial score (nSPS) is 11.0. The summed E-state index contributed by atoms with van der Waals surface area (Å²) in [6, 6.07) is 9.79. The van der Waals surface area contributed by atoms with Gasteiger partial charge in [-0.3, -0.25) is 0 Å². The monoisotopic (exact) mass is 330 g/mol. The van der Waals surface area contributed by atoms with Crippen LogP contribution >= 0.6 is 11.8 Å². The molecule has 3 rings (SSSR count). The molecule has 6 nitrogen and oxygen atoms in total. The Balaban J connectivity index is 1.49. The third-order valence-corrected chi connectivity index (χ3v) is 4.60. The van der Waals surface area contributed by atoms with Gasteiger partial charge in [0.2, 0.25) is 11.7 Å². The maximum absolute atomic E-state index is 9.15. The van der Waals surface area contributed by atoms with Gasteiger partial charge in [-0.1, -0.05) is 47.3 Å². The smallest absolute Gasteiger partial charge is 0.226 e. The fraction of sp³-hybridized carbons (Fsp3) is 0.312. The molecule has 0 amide bonds. The molecule has 1 aromatic carbocycles. The number of imidazole rings is 1. The van der Waals surface area contributed by atoms with Gasteiger partial charge in [-0.25, -0.2) is 4.98 Å². The molecule has 2 heterocycles. The van der Waals surface area contributed by atoms with Crippen molar-refractivity contribution in [2.75, 3.05) is 5.75 Å². The molecule has 0 aliphatic rings. The second-order valence-corrected chi connectivity index (χ2v) is 6.14. The molecule has 0 unspecified atom stereocenters. The van der Waals surface area contributed by atoms with Crippen molar-refractivity contribution in [1.82, 2.24) is 19.7 Å². The van der Waals surface area contributed by atoms with Gasteiger partial charge in [0.15, 0.2) is 5.16 Å². The maximum atomic E-state index is 9.15. The van der Waals surface area contributed by atoms with E-state index in [4.69, 9.17) is 9.63 Å². The number of benzene rings is 1. The summed E-state index contributed by atoms with van der Waals surface area (Å²) < 4.78 is 7.20. The number of aryl methyl sites for hydroxylation is 1. The van der Waals surface area contributed by atoms with Crippen LogP contribution in [-0.2, 0) is 20.1 Å². The molecule has 0 aliphatic heterocycles. The first-order valence-corrected chi connectivity index (χ1v) is 8.38. The lowest BCUT2D eigenvalue weighted by Crippen LogP contribution is -1.98. The summed E-state index contributed by atoms with van der Waals surface area (Å²) in [5, 5.41) is 14.1. The molecule has 0 bridgehead atoms. The average molecular weight is 330 g/mol. The summed E-state index contributed by atoms with van der Waals surface area (Å²) in [5.41, 5.74) is 1.78. The number of hydrogen-bond donors (Lipinski definition) is 1. The van der Waals surface area contributed by atoms with E-state index in [2.05, 4.69) is 15.1 Å². The van der Waals surface area contributed by atoms with Gasteiger partial charge in [0.1, 0.15) is 0 Å². The summed E-state index contributed by atoms with van der Waals surface area (Å²) in [5.74, 6) is 2.18. The molecule has 0 saturated heterocycles. The summed E-state index contributed by atoms with van der Waals surface area (Å²) in [4.78, 5) is 8.71. The van der Waals surface area contributed by atoms with Crippen LogP contribution in [-0.4, -0.2) is 30.6 Å². The fourth-order valence-corrected chi connectivity index (χ4v) is 3.06. The Labute approximate surface area is 138 Å². The Morgan fingerprint density at radius 1 is 1.26 bits per heavy atom. The van der Waals surface area contributed by atoms with Gasteiger partial charge < -0.3 is 14.2 Å². The van der Waals surface area contributed by atoms with Gasteiger partial charge in [-0.15, -0.1) is 0 Å². The minimum Gasteiger partial charge on any atom is -0.390 e. The van der Waals surface area contributed by atoms with Crippen LogP contribution in [0.3, 0.4) is 0 Å². The van der Waals surface area contributed by atoms with E-state index >= 15 is 0 Å². The third-order valence-electron chi connectivity index (χ3n) is 3.47. The number of rotatable bonds is 7. The van der Waals surface area contributed by atoms with Crippen LogP contribution in [0.1, 0.15) is 18.0 Å². The van der Waals surface area contributed by atoms with Crippen LogP contribution < -0.4 is 0 Å². The molecule has 3 aromatic rings. The molecule has 23 heavy (non-hydrogen) atoms. The average Bonchev–Trinajstić information content (AvgIpc) is 3.19. The maximum Gasteiger partial charge on any atom is 0.226 e. The van der Waals surface area contributed by atoms with E-state index in [1.807, 2.05) is 41.9 Å². The number of aromatic nitrogens is 4. The molecular weight excluding hydrogens is 312 g/mol. The van der Waals surface area contributed by atoms with Crippen molar-refractivity contribution in [3.8, 4) is 11.4 Å². The zero-order valence-electron chi connectivity index (χ0n) is 12.8. The Bertz CT molecular complexity index is 755. The number of thioether (sulfide) groups is 1. The summed E-state index contributed by atoms with van der Waals surface area (Å²) in [7, 11) is 1.91. The molecule has 1 N–H and O–H groups in total. The van der Waals surface area contributed by atoms with Crippen LogP contribution in [0.15, 0.2) is 46.2 Å². The van der Waals surface area contributed by atoms with Crippen LogP contribution in [0, 0.1) is 0 Å². The van der Waals surface area contributed by atoms with Crippen LogP contribution in [0.4, 0.5) is 0 Å². The SMILES string of the molecule is Cn1c(CO)cnc1SCCCc1nc(-c2ccccc2)no1. The number of aliphatic hydroxyl groups excluding tert-OH is 1. The number of hydrogen-bond acceptors (Lipinski definition) is 6. The highest BCUT2D eigenvalue weighted by Gasteiger charge is 2.09. The quantitative estimate of drug-likeness (QED) is 0.530. The molecule has 0 radical (unpaired) electrons. The van der Waals surface area contributed by atoms with Crippen LogP contribution in [0.25, 0.3) is 11.4 Å². The molecule has 120 valence electrons. The third kappa shape index (κ3) is 3.80. The largest absolute Gasteiger partial charge is 0.390 e. The molecule has 0 saturated carbocycles. The second kappa shape index (κ2) is 7.43. The van der Waals surface area contributed by atoms with Gasteiger partial charge in [-0.05, 0) is 6.42 Å². The number of aliphatic hydroxyl groups is 1. The molecule has 7 heteroatoms. The van der Waals surface area contributed by atoms with Gasteiger partial charge >= 0.3 is 0 Å². The Morgan fingerprint density at radius 2 is 2.09 bits per heavy atom. The fourth-order valence-electron chi connectivity index (χ4n) is 2.15. The Kier molecular flexibility index (Phi) is 5.09. The van der Waals surface area contributed by atoms with E-state index in [9.17, 15) is 0 Å². The molecule has 0 fully saturated rings. The van der Waals surface area contributed by atoms with Gasteiger partial charge in [0.05, 0.1) is 18.5 Å². The highest BCUT2D eigenvalue weighted by Crippen LogP contribution is 2.20. The summed E-state index contributed by atoms with van der Waals surface area (Å²) >= 11 is 1.66. The Morgan fingerprint density at radius 3 is 2.83 bits per heavy atom. The summed E-state index contributed by atoms with van der Waals surface area (Å²) in [6.45, 7) is 0.00824. The molecule has 0 atom stereocenters. The van der Waals surface area contributed by atoms with E-state index in [1.54, 1.807) is 18.0 Å². The standard InChI is InChI=1S/C16H18N4O2S/c1-20-13(11-21)10-17-16(20)23-9-5-8-14-18-15(19-22-14)12-6-3-2-4-7-12/h2-4,6-7,10,21H,5,8-9,11H2,1H3. The first-order valence-electron chi connectivity index (χ1n) is 7.40. The topological polar surface area (TPSA) is 77.0 Å². The lowest BCUT2D eigenvalue weighted by molar-refractivity contribution is 0.271. The lowest BCUT2D eigenvalue weighted by Gasteiger charge is -2.02. The van der Waals surface area contributed by atoms with Crippen molar-refractivity contribution in [2.24, 2.45) is 7.05 Å². The van der Waals surface area contributed by atoms with Crippen molar-refractivity contribution in [3.05, 3.63) is 48.1 Å². The van der Waals surface area contributed by atoms with E-state index in [-0.39, 0.29) is 6.61 Å². The summed E-state index contributed by atoms with van der Waals surface area (Å²) in [6.07, 6.45) is 3.36. The van der Waals surface area contributed by atoms with E-state index in [1.165, 1.54) is 0 Å². The predicted octanol–water partition coefficient (Wildman–Crippen LogP) is 2.69. The minimum absolute atomic E-state index is 0.00824. The zero-order valence-corrected chi connectivity index (χ0v) is 13.7. The van der Waals surface area contributed by atoms with Gasteiger partial charge in [0, 0.05) is 24.8 Å². The first-order chi connectivity index (χ1) is 11.3. The first kappa shape index (κ1) is 15.8. The molecule has 0 aliphatic carbocycles. The van der Waals surface area contributed by atoms with Crippen LogP contribution in [0.2, 0.25) is 0 Å². The van der Waals surface area contributed by atoms with E-state index in [0.29, 0.717) is 11.7 Å². The van der Waals surface area contributed by atoms with Crippen molar-refractivity contribution in [1.29, 1.82) is 0 Å². The molecular formula is C16H18N4O2S. The van der Waals surface area contributed by atoms with Crippen molar-refractivity contribution < 1.29 is 9.63 Å². The van der Waals surface area contributed by atoms with Gasteiger partial charge in [-0.2, -0.15) is 4.98 Å². The van der Waals surface area contributed by atoms with Crippen molar-refractivity contribution in [3.63, 3.8) is 0 Å². The Hall–Kier alpha value is -2.12. The van der Waals surface area contributed by atoms with Crippen molar-refractivity contribution in [2.45, 2.75) is 24.6 Å². The highest BCUT2D eigenvalue weighted by atomic mass is 32.2. The van der Waals surface area contributed by atoms with E-state index < -0.39 is 0 Å². The number of nitrogens with zero attached hydrogens (tertiary/aromatic N) is 4. The highest BCUT2D eigenvalue weighted by molar-refractivity contribution is 7.99. The van der Waals surface area contributed by atoms with Gasteiger partial charge in [0.25, 0.3) is 0 Å². The van der Waals surface area contributed by atoms with Crippen LogP contribution in [0.5, 0.6) is 0 Å². The molecule has 2 aromatic heterocycles. The predicted molar refractivity (Wildman–Crippen MR) is 87.9 cm³/mol. The van der Waals surface area contributed by atoms with E-state index in [0.717, 1.165) is 35.0 Å². The zero-order chi connectivity index (χ0) is 16.1. The molecule has 0 spiro atoms. The van der Waals surface area contributed by atoms with Crippen molar-refractivity contribution >= 4 is 11.8 Å². The second-order valence-electron chi connectivity index (χ2n) is 5.08.